The van der Waals surface area contributed by atoms with Gasteiger partial charge in [-0.15, -0.1) is 0 Å². The Morgan fingerprint density at radius 1 is 1.25 bits per heavy atom. The van der Waals surface area contributed by atoms with Crippen LogP contribution in [0.5, 0.6) is 0 Å². The number of hydrogen-bond donors (Lipinski definition) is 2. The number of amides is 1. The number of rotatable bonds is 5. The van der Waals surface area contributed by atoms with Crippen molar-refractivity contribution in [3.63, 3.8) is 0 Å². The molecule has 0 aromatic carbocycles. The number of halogens is 3. The van der Waals surface area contributed by atoms with Crippen molar-refractivity contribution in [2.45, 2.75) is 45.2 Å². The van der Waals surface area contributed by atoms with Crippen molar-refractivity contribution in [2.24, 2.45) is 17.8 Å². The van der Waals surface area contributed by atoms with Gasteiger partial charge in [0.2, 0.25) is 5.91 Å². The molecule has 0 aromatic rings. The van der Waals surface area contributed by atoms with E-state index in [0.717, 1.165) is 0 Å². The maximum Gasteiger partial charge on any atom is 0.391 e. The zero-order valence-corrected chi connectivity index (χ0v) is 11.4. The van der Waals surface area contributed by atoms with Crippen molar-refractivity contribution >= 4 is 11.9 Å². The monoisotopic (exact) mass is 295 g/mol. The molecule has 1 saturated carbocycles. The third-order valence-electron chi connectivity index (χ3n) is 3.71. The summed E-state index contributed by atoms with van der Waals surface area (Å²) >= 11 is 0. The second-order valence-electron chi connectivity index (χ2n) is 5.54. The van der Waals surface area contributed by atoms with Gasteiger partial charge in [-0.05, 0) is 31.6 Å². The van der Waals surface area contributed by atoms with Gasteiger partial charge in [0.15, 0.2) is 0 Å². The van der Waals surface area contributed by atoms with E-state index >= 15 is 0 Å². The van der Waals surface area contributed by atoms with Crippen LogP contribution < -0.4 is 5.32 Å². The molecule has 1 fully saturated rings. The van der Waals surface area contributed by atoms with Gasteiger partial charge in [-0.1, -0.05) is 6.92 Å². The summed E-state index contributed by atoms with van der Waals surface area (Å²) in [5.41, 5.74) is 0. The summed E-state index contributed by atoms with van der Waals surface area (Å²) in [6.07, 6.45) is -3.75. The Bertz CT molecular complexity index is 349. The number of nitrogens with one attached hydrogen (secondary N) is 1. The molecule has 1 unspecified atom stereocenters. The summed E-state index contributed by atoms with van der Waals surface area (Å²) in [6.45, 7) is 1.94. The smallest absolute Gasteiger partial charge is 0.391 e. The highest BCUT2D eigenvalue weighted by Gasteiger charge is 2.42. The normalized spacial score (nSPS) is 25.0. The van der Waals surface area contributed by atoms with Crippen molar-refractivity contribution in [1.29, 1.82) is 0 Å². The molecular formula is C13H20F3NO3. The Kier molecular flexibility index (Phi) is 5.83. The van der Waals surface area contributed by atoms with Crippen LogP contribution in [-0.4, -0.2) is 29.7 Å². The number of aliphatic carboxylic acids is 1. The van der Waals surface area contributed by atoms with Gasteiger partial charge in [0.25, 0.3) is 0 Å². The number of alkyl halides is 3. The van der Waals surface area contributed by atoms with Gasteiger partial charge >= 0.3 is 12.1 Å². The van der Waals surface area contributed by atoms with Crippen molar-refractivity contribution in [3.05, 3.63) is 0 Å². The SMILES string of the molecule is CC(CNC(=O)C1CCC(C(F)(F)F)CC1)CC(=O)O. The fraction of sp³-hybridized carbons (Fsp3) is 0.846. The van der Waals surface area contributed by atoms with E-state index in [4.69, 9.17) is 5.11 Å². The zero-order valence-electron chi connectivity index (χ0n) is 11.4. The summed E-state index contributed by atoms with van der Waals surface area (Å²) in [6, 6.07) is 0. The van der Waals surface area contributed by atoms with Crippen LogP contribution >= 0.6 is 0 Å². The van der Waals surface area contributed by atoms with Gasteiger partial charge in [-0.2, -0.15) is 13.2 Å². The Morgan fingerprint density at radius 3 is 2.25 bits per heavy atom. The zero-order chi connectivity index (χ0) is 15.3. The van der Waals surface area contributed by atoms with Crippen LogP contribution in [-0.2, 0) is 9.59 Å². The molecule has 116 valence electrons. The number of carboxylic acid groups (broad SMARTS) is 1. The molecule has 0 radical (unpaired) electrons. The fourth-order valence-electron chi connectivity index (χ4n) is 2.47. The van der Waals surface area contributed by atoms with Crippen LogP contribution in [0.4, 0.5) is 13.2 Å². The van der Waals surface area contributed by atoms with E-state index in [1.54, 1.807) is 6.92 Å². The van der Waals surface area contributed by atoms with E-state index in [0.29, 0.717) is 0 Å². The number of carbonyl (C=O) groups excluding carboxylic acids is 1. The maximum absolute atomic E-state index is 12.5. The van der Waals surface area contributed by atoms with E-state index in [1.165, 1.54) is 0 Å². The molecular weight excluding hydrogens is 275 g/mol. The Morgan fingerprint density at radius 2 is 1.80 bits per heavy atom. The van der Waals surface area contributed by atoms with Crippen molar-refractivity contribution in [2.75, 3.05) is 6.54 Å². The van der Waals surface area contributed by atoms with Gasteiger partial charge in [0, 0.05) is 18.9 Å². The molecule has 1 rings (SSSR count). The number of carboxylic acids is 1. The number of hydrogen-bond acceptors (Lipinski definition) is 2. The Labute approximate surface area is 115 Å². The molecule has 1 aliphatic rings. The van der Waals surface area contributed by atoms with Crippen molar-refractivity contribution in [1.82, 2.24) is 5.32 Å². The minimum Gasteiger partial charge on any atom is -0.481 e. The number of carbonyl (C=O) groups is 2. The van der Waals surface area contributed by atoms with E-state index in [2.05, 4.69) is 5.32 Å². The first-order chi connectivity index (χ1) is 9.20. The summed E-state index contributed by atoms with van der Waals surface area (Å²) < 4.78 is 37.5. The molecule has 0 saturated heterocycles. The second kappa shape index (κ2) is 6.95. The topological polar surface area (TPSA) is 66.4 Å². The predicted molar refractivity (Wildman–Crippen MR) is 65.9 cm³/mol. The molecule has 1 aliphatic carbocycles. The van der Waals surface area contributed by atoms with E-state index < -0.39 is 18.1 Å². The molecule has 2 N–H and O–H groups in total. The maximum atomic E-state index is 12.5. The second-order valence-corrected chi connectivity index (χ2v) is 5.54. The molecule has 0 bridgehead atoms. The van der Waals surface area contributed by atoms with Gasteiger partial charge in [-0.3, -0.25) is 9.59 Å². The van der Waals surface area contributed by atoms with E-state index in [-0.39, 0.29) is 56.4 Å². The summed E-state index contributed by atoms with van der Waals surface area (Å²) in [7, 11) is 0. The quantitative estimate of drug-likeness (QED) is 0.819. The lowest BCUT2D eigenvalue weighted by atomic mass is 9.81. The van der Waals surface area contributed by atoms with E-state index in [1.807, 2.05) is 0 Å². The average molecular weight is 295 g/mol. The van der Waals surface area contributed by atoms with Crippen LogP contribution in [0, 0.1) is 17.8 Å². The standard InChI is InChI=1S/C13H20F3NO3/c1-8(6-11(18)19)7-17-12(20)9-2-4-10(5-3-9)13(14,15)16/h8-10H,2-7H2,1H3,(H,17,20)(H,18,19). The fourth-order valence-corrected chi connectivity index (χ4v) is 2.47. The highest BCUT2D eigenvalue weighted by molar-refractivity contribution is 5.78. The molecule has 7 heteroatoms. The third kappa shape index (κ3) is 5.38. The lowest BCUT2D eigenvalue weighted by Gasteiger charge is -2.29. The molecule has 0 aromatic heterocycles. The molecule has 4 nitrogen and oxygen atoms in total. The van der Waals surface area contributed by atoms with Crippen LogP contribution in [0.3, 0.4) is 0 Å². The lowest BCUT2D eigenvalue weighted by molar-refractivity contribution is -0.184. The molecule has 1 atom stereocenters. The van der Waals surface area contributed by atoms with Gasteiger partial charge in [-0.25, -0.2) is 0 Å². The van der Waals surface area contributed by atoms with Crippen LogP contribution in [0.2, 0.25) is 0 Å². The molecule has 1 amide bonds. The Balaban J connectivity index is 2.31. The molecule has 0 spiro atoms. The van der Waals surface area contributed by atoms with Gasteiger partial charge < -0.3 is 10.4 Å². The van der Waals surface area contributed by atoms with Crippen LogP contribution in [0.1, 0.15) is 39.0 Å². The largest absolute Gasteiger partial charge is 0.481 e. The summed E-state index contributed by atoms with van der Waals surface area (Å²) in [5, 5.41) is 11.2. The summed E-state index contributed by atoms with van der Waals surface area (Å²) in [4.78, 5) is 22.3. The van der Waals surface area contributed by atoms with Crippen molar-refractivity contribution < 1.29 is 27.9 Å². The first-order valence-electron chi connectivity index (χ1n) is 6.76. The molecule has 0 heterocycles. The molecule has 20 heavy (non-hydrogen) atoms. The Hall–Kier alpha value is -1.27. The van der Waals surface area contributed by atoms with E-state index in [9.17, 15) is 22.8 Å². The highest BCUT2D eigenvalue weighted by Crippen LogP contribution is 2.39. The summed E-state index contributed by atoms with van der Waals surface area (Å²) in [5.74, 6) is -3.06. The van der Waals surface area contributed by atoms with Gasteiger partial charge in [0.1, 0.15) is 0 Å². The minimum atomic E-state index is -4.17. The highest BCUT2D eigenvalue weighted by atomic mass is 19.4. The van der Waals surface area contributed by atoms with Crippen LogP contribution in [0.15, 0.2) is 0 Å². The first-order valence-corrected chi connectivity index (χ1v) is 6.76. The molecule has 0 aliphatic heterocycles. The average Bonchev–Trinajstić information content (AvgIpc) is 2.34. The minimum absolute atomic E-state index is 0.00767. The lowest BCUT2D eigenvalue weighted by Crippen LogP contribution is -2.37. The van der Waals surface area contributed by atoms with Crippen LogP contribution in [0.25, 0.3) is 0 Å². The van der Waals surface area contributed by atoms with Gasteiger partial charge in [0.05, 0.1) is 5.92 Å². The predicted octanol–water partition coefficient (Wildman–Crippen LogP) is 2.58. The first kappa shape index (κ1) is 16.8. The third-order valence-corrected chi connectivity index (χ3v) is 3.71. The van der Waals surface area contributed by atoms with Crippen molar-refractivity contribution in [3.8, 4) is 0 Å².